The zero-order chi connectivity index (χ0) is 22.2. The average Bonchev–Trinajstić information content (AvgIpc) is 2.78. The van der Waals surface area contributed by atoms with Gasteiger partial charge in [-0.25, -0.2) is 0 Å². The van der Waals surface area contributed by atoms with Gasteiger partial charge in [-0.15, -0.1) is 0 Å². The number of hydrogen-bond donors (Lipinski definition) is 3. The van der Waals surface area contributed by atoms with Gasteiger partial charge in [0, 0.05) is 28.9 Å². The number of anilines is 1. The first-order chi connectivity index (χ1) is 14.9. The van der Waals surface area contributed by atoms with E-state index in [9.17, 15) is 24.5 Å². The molecule has 0 spiro atoms. The van der Waals surface area contributed by atoms with Gasteiger partial charge in [-0.2, -0.15) is 0 Å². The molecule has 0 aliphatic heterocycles. The molecule has 9 heteroatoms. The Balaban J connectivity index is 1.51. The van der Waals surface area contributed by atoms with Crippen LogP contribution >= 0.6 is 0 Å². The van der Waals surface area contributed by atoms with Crippen molar-refractivity contribution in [2.75, 3.05) is 5.32 Å². The minimum absolute atomic E-state index is 0.109. The molecule has 31 heavy (non-hydrogen) atoms. The Bertz CT molecular complexity index is 1100. The highest BCUT2D eigenvalue weighted by molar-refractivity contribution is 6.04. The number of rotatable bonds is 6. The molecule has 0 unspecified atom stereocenters. The van der Waals surface area contributed by atoms with Crippen LogP contribution in [0.1, 0.15) is 26.3 Å². The summed E-state index contributed by atoms with van der Waals surface area (Å²) in [4.78, 5) is 46.4. The van der Waals surface area contributed by atoms with Crippen molar-refractivity contribution >= 4 is 29.1 Å². The van der Waals surface area contributed by atoms with Crippen molar-refractivity contribution in [3.8, 4) is 0 Å². The van der Waals surface area contributed by atoms with Crippen LogP contribution in [-0.2, 0) is 11.2 Å². The molecule has 0 aliphatic carbocycles. The molecule has 0 aromatic heterocycles. The van der Waals surface area contributed by atoms with Crippen molar-refractivity contribution in [1.29, 1.82) is 0 Å². The minimum atomic E-state index is -0.546. The lowest BCUT2D eigenvalue weighted by molar-refractivity contribution is -0.384. The predicted molar refractivity (Wildman–Crippen MR) is 113 cm³/mol. The monoisotopic (exact) mass is 418 g/mol. The molecule has 3 amide bonds. The summed E-state index contributed by atoms with van der Waals surface area (Å²) < 4.78 is 0. The molecule has 3 rings (SSSR count). The van der Waals surface area contributed by atoms with Crippen LogP contribution in [0.4, 0.5) is 11.4 Å². The molecule has 156 valence electrons. The highest BCUT2D eigenvalue weighted by atomic mass is 16.6. The third-order valence-corrected chi connectivity index (χ3v) is 4.27. The summed E-state index contributed by atoms with van der Waals surface area (Å²) >= 11 is 0. The lowest BCUT2D eigenvalue weighted by atomic mass is 10.1. The van der Waals surface area contributed by atoms with E-state index in [1.165, 1.54) is 48.5 Å². The van der Waals surface area contributed by atoms with E-state index in [2.05, 4.69) is 16.2 Å². The van der Waals surface area contributed by atoms with Crippen LogP contribution in [0, 0.1) is 10.1 Å². The summed E-state index contributed by atoms with van der Waals surface area (Å²) in [5, 5.41) is 13.3. The summed E-state index contributed by atoms with van der Waals surface area (Å²) in [6.45, 7) is 0. The number of non-ortho nitro benzene ring substituents is 1. The van der Waals surface area contributed by atoms with Crippen molar-refractivity contribution in [3.63, 3.8) is 0 Å². The highest BCUT2D eigenvalue weighted by Crippen LogP contribution is 2.15. The molecule has 0 bridgehead atoms. The number of benzene rings is 3. The minimum Gasteiger partial charge on any atom is -0.322 e. The number of nitrogens with zero attached hydrogens (tertiary/aromatic N) is 1. The van der Waals surface area contributed by atoms with E-state index in [1.807, 2.05) is 30.3 Å². The second-order valence-electron chi connectivity index (χ2n) is 6.50. The number of nitro groups is 1. The molecule has 0 radical (unpaired) electrons. The predicted octanol–water partition coefficient (Wildman–Crippen LogP) is 2.85. The first kappa shape index (κ1) is 21.2. The van der Waals surface area contributed by atoms with Crippen molar-refractivity contribution in [1.82, 2.24) is 10.9 Å². The number of carbonyl (C=O) groups excluding carboxylic acids is 3. The largest absolute Gasteiger partial charge is 0.322 e. The molecule has 0 fully saturated rings. The zero-order valence-corrected chi connectivity index (χ0v) is 16.2. The maximum Gasteiger partial charge on any atom is 0.269 e. The SMILES string of the molecule is O=C(Cc1ccccc1)NNC(=O)c1ccc(NC(=O)c2ccc([N+](=O)[O-])cc2)cc1. The van der Waals surface area contributed by atoms with Crippen molar-refractivity contribution in [2.24, 2.45) is 0 Å². The normalized spacial score (nSPS) is 10.1. The fraction of sp³-hybridized carbons (Fsp3) is 0.0455. The Hall–Kier alpha value is -4.53. The van der Waals surface area contributed by atoms with Gasteiger partial charge < -0.3 is 5.32 Å². The number of amides is 3. The Morgan fingerprint density at radius 3 is 1.94 bits per heavy atom. The van der Waals surface area contributed by atoms with Crippen LogP contribution in [0.15, 0.2) is 78.9 Å². The number of nitrogens with one attached hydrogen (secondary N) is 3. The third kappa shape index (κ3) is 5.97. The molecule has 0 aliphatic rings. The van der Waals surface area contributed by atoms with Crippen LogP contribution < -0.4 is 16.2 Å². The van der Waals surface area contributed by atoms with Crippen LogP contribution in [0.25, 0.3) is 0 Å². The fourth-order valence-electron chi connectivity index (χ4n) is 2.67. The van der Waals surface area contributed by atoms with Gasteiger partial charge in [-0.05, 0) is 42.0 Å². The summed E-state index contributed by atoms with van der Waals surface area (Å²) in [6.07, 6.45) is 0.134. The molecule has 3 aromatic carbocycles. The van der Waals surface area contributed by atoms with Crippen LogP contribution in [-0.4, -0.2) is 22.6 Å². The molecule has 9 nitrogen and oxygen atoms in total. The van der Waals surface area contributed by atoms with E-state index in [1.54, 1.807) is 0 Å². The van der Waals surface area contributed by atoms with Gasteiger partial charge in [0.05, 0.1) is 11.3 Å². The Morgan fingerprint density at radius 1 is 0.742 bits per heavy atom. The van der Waals surface area contributed by atoms with Gasteiger partial charge >= 0.3 is 0 Å². The van der Waals surface area contributed by atoms with Crippen molar-refractivity contribution in [3.05, 3.63) is 106 Å². The highest BCUT2D eigenvalue weighted by Gasteiger charge is 2.11. The van der Waals surface area contributed by atoms with Gasteiger partial charge in [0.15, 0.2) is 0 Å². The van der Waals surface area contributed by atoms with Crippen molar-refractivity contribution < 1.29 is 19.3 Å². The average molecular weight is 418 g/mol. The molecule has 0 saturated heterocycles. The number of carbonyl (C=O) groups is 3. The van der Waals surface area contributed by atoms with E-state index in [-0.39, 0.29) is 29.1 Å². The summed E-state index contributed by atoms with van der Waals surface area (Å²) in [5.41, 5.74) is 6.39. The zero-order valence-electron chi connectivity index (χ0n) is 16.2. The van der Waals surface area contributed by atoms with E-state index in [0.29, 0.717) is 5.69 Å². The topological polar surface area (TPSA) is 130 Å². The Labute approximate surface area is 177 Å². The lowest BCUT2D eigenvalue weighted by Crippen LogP contribution is -2.42. The Morgan fingerprint density at radius 2 is 1.32 bits per heavy atom. The maximum atomic E-state index is 12.2. The van der Waals surface area contributed by atoms with Gasteiger partial charge in [-0.1, -0.05) is 30.3 Å². The lowest BCUT2D eigenvalue weighted by Gasteiger charge is -2.09. The third-order valence-electron chi connectivity index (χ3n) is 4.27. The second-order valence-corrected chi connectivity index (χ2v) is 6.50. The number of hydrogen-bond acceptors (Lipinski definition) is 5. The first-order valence-corrected chi connectivity index (χ1v) is 9.21. The smallest absolute Gasteiger partial charge is 0.269 e. The quantitative estimate of drug-likeness (QED) is 0.419. The van der Waals surface area contributed by atoms with Crippen LogP contribution in [0.2, 0.25) is 0 Å². The summed E-state index contributed by atoms with van der Waals surface area (Å²) in [6, 6.07) is 20.4. The van der Waals surface area contributed by atoms with E-state index in [4.69, 9.17) is 0 Å². The standard InChI is InChI=1S/C22H18N4O5/c27-20(14-15-4-2-1-3-5-15)24-25-22(29)17-6-10-18(11-7-17)23-21(28)16-8-12-19(13-9-16)26(30)31/h1-13H,14H2,(H,23,28)(H,24,27)(H,25,29). The van der Waals surface area contributed by atoms with Crippen LogP contribution in [0.3, 0.4) is 0 Å². The van der Waals surface area contributed by atoms with Crippen molar-refractivity contribution in [2.45, 2.75) is 6.42 Å². The first-order valence-electron chi connectivity index (χ1n) is 9.21. The van der Waals surface area contributed by atoms with Crippen LogP contribution in [0.5, 0.6) is 0 Å². The maximum absolute atomic E-state index is 12.2. The molecule has 3 N–H and O–H groups in total. The van der Waals surface area contributed by atoms with Gasteiger partial charge in [0.2, 0.25) is 5.91 Å². The van der Waals surface area contributed by atoms with Gasteiger partial charge in [0.1, 0.15) is 0 Å². The summed E-state index contributed by atoms with van der Waals surface area (Å²) in [5.74, 6) is -1.30. The second kappa shape index (κ2) is 9.79. The molecular weight excluding hydrogens is 400 g/mol. The number of hydrazine groups is 1. The fourth-order valence-corrected chi connectivity index (χ4v) is 2.67. The van der Waals surface area contributed by atoms with Gasteiger partial charge in [-0.3, -0.25) is 35.3 Å². The van der Waals surface area contributed by atoms with E-state index < -0.39 is 16.7 Å². The van der Waals surface area contributed by atoms with Gasteiger partial charge in [0.25, 0.3) is 17.5 Å². The van der Waals surface area contributed by atoms with E-state index >= 15 is 0 Å². The molecular formula is C22H18N4O5. The summed E-state index contributed by atoms with van der Waals surface area (Å²) in [7, 11) is 0. The molecule has 3 aromatic rings. The molecule has 0 saturated carbocycles. The Kier molecular flexibility index (Phi) is 6.69. The van der Waals surface area contributed by atoms with E-state index in [0.717, 1.165) is 5.56 Å². The number of nitro benzene ring substituents is 1. The molecule has 0 heterocycles. The molecule has 0 atom stereocenters.